The molecule has 2 aliphatic heterocycles. The molecule has 15 rings (SSSR count). The van der Waals surface area contributed by atoms with Crippen LogP contribution in [0.4, 0.5) is 22.7 Å². The summed E-state index contributed by atoms with van der Waals surface area (Å²) in [6.07, 6.45) is 1.94. The van der Waals surface area contributed by atoms with Gasteiger partial charge in [0.1, 0.15) is 23.8 Å². The van der Waals surface area contributed by atoms with Crippen LogP contribution in [-0.4, -0.2) is 16.1 Å². The molecule has 0 amide bonds. The summed E-state index contributed by atoms with van der Waals surface area (Å²) in [7, 11) is 0. The standard InChI is InChI=1S/C74H58N4O/c1-73(2,3)48-32-36-56-60-27-16-28-62-59-39-35-51(44-68(59)78(70(60)62)72-63(30-18-40-75-72)57-37-33-49(74(4,5)6)42-65(57)64(56)41-48)79-50-34-38-58-54-23-13-14-24-55(54)61-29-17-31-66-71(61)77(67(58)43-50)45-76(66)69-52(46-19-9-7-10-20-46)25-15-26-53(69)47-21-11-8-12-22-47/h7-44H,45H2,1-6H3. The zero-order chi connectivity index (χ0) is 53.3. The highest BCUT2D eigenvalue weighted by molar-refractivity contribution is 6.25. The van der Waals surface area contributed by atoms with Crippen LogP contribution in [0.5, 0.6) is 11.5 Å². The molecule has 0 unspecified atom stereocenters. The molecule has 0 saturated carbocycles. The van der Waals surface area contributed by atoms with Crippen molar-refractivity contribution in [2.75, 3.05) is 16.5 Å². The van der Waals surface area contributed by atoms with Crippen molar-refractivity contribution in [3.05, 3.63) is 242 Å². The van der Waals surface area contributed by atoms with E-state index in [9.17, 15) is 0 Å². The molecule has 0 radical (unpaired) electrons. The van der Waals surface area contributed by atoms with E-state index in [0.29, 0.717) is 6.67 Å². The first-order chi connectivity index (χ1) is 38.5. The Labute approximate surface area is 460 Å². The molecule has 0 fully saturated rings. The average molecular weight is 1020 g/mol. The summed E-state index contributed by atoms with van der Waals surface area (Å²) in [6.45, 7) is 14.4. The van der Waals surface area contributed by atoms with Crippen molar-refractivity contribution >= 4 is 82.5 Å². The van der Waals surface area contributed by atoms with Crippen molar-refractivity contribution < 1.29 is 4.74 Å². The number of anilines is 4. The first kappa shape index (κ1) is 46.8. The Balaban J connectivity index is 0.931. The van der Waals surface area contributed by atoms with Gasteiger partial charge in [0.15, 0.2) is 0 Å². The van der Waals surface area contributed by atoms with Gasteiger partial charge < -0.3 is 14.5 Å². The smallest absolute Gasteiger partial charge is 0.145 e. The Hall–Kier alpha value is -9.45. The summed E-state index contributed by atoms with van der Waals surface area (Å²) in [5.74, 6) is 1.51. The third kappa shape index (κ3) is 7.40. The molecule has 5 heteroatoms. The summed E-state index contributed by atoms with van der Waals surface area (Å²) in [5.41, 5.74) is 19.7. The maximum atomic E-state index is 7.19. The number of nitrogens with zero attached hydrogens (tertiary/aromatic N) is 4. The number of benzene rings is 10. The first-order valence-electron chi connectivity index (χ1n) is 27.6. The van der Waals surface area contributed by atoms with Crippen molar-refractivity contribution in [2.45, 2.75) is 52.4 Å². The molecule has 13 aromatic rings. The fourth-order valence-corrected chi connectivity index (χ4v) is 12.8. The topological polar surface area (TPSA) is 33.0 Å². The van der Waals surface area contributed by atoms with Crippen LogP contribution in [0, 0.1) is 0 Å². The summed E-state index contributed by atoms with van der Waals surface area (Å²) in [4.78, 5) is 10.4. The Kier molecular flexibility index (Phi) is 10.4. The van der Waals surface area contributed by atoms with E-state index in [2.05, 4.69) is 280 Å². The Morgan fingerprint density at radius 1 is 0.367 bits per heavy atom. The highest BCUT2D eigenvalue weighted by atomic mass is 16.5. The van der Waals surface area contributed by atoms with Gasteiger partial charge in [-0.25, -0.2) is 4.98 Å². The van der Waals surface area contributed by atoms with Crippen LogP contribution >= 0.6 is 0 Å². The SMILES string of the molecule is CC(C)(C)c1ccc2c(c1)c1cc(C(C)(C)C)ccc1c1cccc3c4ccc(Oc5ccc6c(c5)N5CN(c7c(-c8ccccc8)cccc7-c7ccccc7)c7cccc(c75)-c5ccccc5-6)cc4n(c4ncccc24)c13. The molecule has 0 bridgehead atoms. The van der Waals surface area contributed by atoms with E-state index in [1.807, 2.05) is 6.20 Å². The van der Waals surface area contributed by atoms with Gasteiger partial charge in [0.05, 0.1) is 33.8 Å². The lowest BCUT2D eigenvalue weighted by atomic mass is 9.83. The summed E-state index contributed by atoms with van der Waals surface area (Å²) in [6, 6.07) is 82.6. The highest BCUT2D eigenvalue weighted by Crippen LogP contribution is 2.58. The molecule has 0 aliphatic carbocycles. The number of hydrogen-bond acceptors (Lipinski definition) is 4. The molecule has 3 aromatic heterocycles. The molecule has 0 atom stereocenters. The van der Waals surface area contributed by atoms with Crippen LogP contribution in [0.3, 0.4) is 0 Å². The van der Waals surface area contributed by atoms with Crippen molar-refractivity contribution in [3.63, 3.8) is 0 Å². The minimum Gasteiger partial charge on any atom is -0.457 e. The first-order valence-corrected chi connectivity index (χ1v) is 27.6. The van der Waals surface area contributed by atoms with Crippen molar-refractivity contribution in [1.29, 1.82) is 0 Å². The van der Waals surface area contributed by atoms with Crippen LogP contribution in [0.2, 0.25) is 0 Å². The molecule has 79 heavy (non-hydrogen) atoms. The fourth-order valence-electron chi connectivity index (χ4n) is 12.8. The largest absolute Gasteiger partial charge is 0.457 e. The number of aromatic nitrogens is 2. The molecule has 10 aromatic carbocycles. The van der Waals surface area contributed by atoms with Crippen molar-refractivity contribution in [1.82, 2.24) is 9.38 Å². The second kappa shape index (κ2) is 17.5. The van der Waals surface area contributed by atoms with Gasteiger partial charge in [-0.15, -0.1) is 0 Å². The molecular formula is C74H58N4O. The molecule has 5 heterocycles. The molecule has 0 N–H and O–H groups in total. The number of rotatable bonds is 5. The van der Waals surface area contributed by atoms with E-state index in [1.54, 1.807) is 0 Å². The van der Waals surface area contributed by atoms with Crippen molar-refractivity contribution in [3.8, 4) is 56.0 Å². The van der Waals surface area contributed by atoms with Gasteiger partial charge in [0.25, 0.3) is 0 Å². The zero-order valence-corrected chi connectivity index (χ0v) is 45.3. The zero-order valence-electron chi connectivity index (χ0n) is 45.3. The number of para-hydroxylation sites is 3. The van der Waals surface area contributed by atoms with Gasteiger partial charge in [-0.05, 0) is 120 Å². The lowest BCUT2D eigenvalue weighted by Gasteiger charge is -2.28. The lowest BCUT2D eigenvalue weighted by molar-refractivity contribution is 0.483. The lowest BCUT2D eigenvalue weighted by Crippen LogP contribution is -2.25. The minimum atomic E-state index is -0.0454. The van der Waals surface area contributed by atoms with Gasteiger partial charge >= 0.3 is 0 Å². The third-order valence-corrected chi connectivity index (χ3v) is 16.7. The number of ether oxygens (including phenoxy) is 1. The van der Waals surface area contributed by atoms with E-state index in [4.69, 9.17) is 9.72 Å². The van der Waals surface area contributed by atoms with Gasteiger partial charge in [0, 0.05) is 62.1 Å². The van der Waals surface area contributed by atoms with Gasteiger partial charge in [-0.2, -0.15) is 0 Å². The van der Waals surface area contributed by atoms with E-state index < -0.39 is 0 Å². The van der Waals surface area contributed by atoms with E-state index >= 15 is 0 Å². The van der Waals surface area contributed by atoms with Crippen LogP contribution in [0.15, 0.2) is 231 Å². The van der Waals surface area contributed by atoms with Crippen LogP contribution in [0.25, 0.3) is 104 Å². The quantitative estimate of drug-likeness (QED) is 0.172. The number of pyridine rings is 1. The fraction of sp³-hybridized carbons (Fsp3) is 0.122. The Morgan fingerprint density at radius 2 is 0.886 bits per heavy atom. The molecule has 0 spiro atoms. The predicted octanol–water partition coefficient (Wildman–Crippen LogP) is 20.3. The molecule has 0 saturated heterocycles. The van der Waals surface area contributed by atoms with Crippen LogP contribution in [-0.2, 0) is 10.8 Å². The van der Waals surface area contributed by atoms with Crippen molar-refractivity contribution in [2.24, 2.45) is 0 Å². The van der Waals surface area contributed by atoms with E-state index in [1.165, 1.54) is 88.4 Å². The Bertz CT molecular complexity index is 4640. The highest BCUT2D eigenvalue weighted by Gasteiger charge is 2.37. The Morgan fingerprint density at radius 3 is 1.56 bits per heavy atom. The number of fused-ring (bicyclic) bond motifs is 15. The summed E-state index contributed by atoms with van der Waals surface area (Å²) in [5, 5.41) is 9.39. The van der Waals surface area contributed by atoms with E-state index in [-0.39, 0.29) is 10.8 Å². The predicted molar refractivity (Wildman–Crippen MR) is 333 cm³/mol. The second-order valence-corrected chi connectivity index (χ2v) is 23.5. The van der Waals surface area contributed by atoms with Gasteiger partial charge in [-0.1, -0.05) is 199 Å². The van der Waals surface area contributed by atoms with Gasteiger partial charge in [0.2, 0.25) is 0 Å². The van der Waals surface area contributed by atoms with E-state index in [0.717, 1.165) is 61.3 Å². The van der Waals surface area contributed by atoms with Crippen LogP contribution in [0.1, 0.15) is 52.7 Å². The maximum absolute atomic E-state index is 7.19. The van der Waals surface area contributed by atoms with Gasteiger partial charge in [-0.3, -0.25) is 4.40 Å². The average Bonchev–Trinajstić information content (AvgIpc) is 4.01. The summed E-state index contributed by atoms with van der Waals surface area (Å²) < 4.78 is 9.59. The second-order valence-electron chi connectivity index (χ2n) is 23.5. The molecule has 380 valence electrons. The molecular weight excluding hydrogens is 961 g/mol. The monoisotopic (exact) mass is 1020 g/mol. The normalized spacial score (nSPS) is 13.1. The molecule has 5 nitrogen and oxygen atoms in total. The third-order valence-electron chi connectivity index (χ3n) is 16.7. The maximum Gasteiger partial charge on any atom is 0.145 e. The summed E-state index contributed by atoms with van der Waals surface area (Å²) >= 11 is 0. The minimum absolute atomic E-state index is 0.0442. The molecule has 2 aliphatic rings. The van der Waals surface area contributed by atoms with Crippen LogP contribution < -0.4 is 14.5 Å². The number of hydrogen-bond donors (Lipinski definition) is 0.